The Labute approximate surface area is 129 Å². The van der Waals surface area contributed by atoms with Crippen LogP contribution in [0.4, 0.5) is 0 Å². The molecule has 110 valence electrons. The quantitative estimate of drug-likeness (QED) is 0.913. The maximum atomic E-state index is 5.89. The summed E-state index contributed by atoms with van der Waals surface area (Å²) in [6.07, 6.45) is 4.32. The molecule has 1 aliphatic heterocycles. The van der Waals surface area contributed by atoms with Crippen LogP contribution in [-0.2, 0) is 17.8 Å². The minimum atomic E-state index is 0.478. The first-order chi connectivity index (χ1) is 9.78. The highest BCUT2D eigenvalue weighted by Crippen LogP contribution is 2.31. The van der Waals surface area contributed by atoms with Gasteiger partial charge in [-0.25, -0.2) is 0 Å². The smallest absolute Gasteiger partial charge is 0.0731 e. The van der Waals surface area contributed by atoms with Crippen LogP contribution in [0.25, 0.3) is 0 Å². The molecule has 0 bridgehead atoms. The molecule has 4 heteroatoms. The lowest BCUT2D eigenvalue weighted by Gasteiger charge is -2.37. The van der Waals surface area contributed by atoms with E-state index in [0.717, 1.165) is 26.2 Å². The molecule has 3 rings (SSSR count). The first-order valence-corrected chi connectivity index (χ1v) is 8.35. The van der Waals surface area contributed by atoms with Gasteiger partial charge in [-0.15, -0.1) is 0 Å². The average molecular weight is 339 g/mol. The van der Waals surface area contributed by atoms with Gasteiger partial charge in [0.15, 0.2) is 0 Å². The summed E-state index contributed by atoms with van der Waals surface area (Å²) in [7, 11) is 1.98. The van der Waals surface area contributed by atoms with Crippen molar-refractivity contribution in [3.8, 4) is 0 Å². The predicted molar refractivity (Wildman–Crippen MR) is 84.7 cm³/mol. The SMILES string of the molecule is CNCc1ccc(CN2CCOC3CCCC32)c(Br)c1. The zero-order valence-electron chi connectivity index (χ0n) is 12.1. The molecule has 2 atom stereocenters. The maximum Gasteiger partial charge on any atom is 0.0731 e. The van der Waals surface area contributed by atoms with Crippen molar-refractivity contribution in [3.05, 3.63) is 33.8 Å². The normalized spacial score (nSPS) is 26.7. The lowest BCUT2D eigenvalue weighted by Crippen LogP contribution is -2.47. The van der Waals surface area contributed by atoms with Gasteiger partial charge in [0, 0.05) is 30.1 Å². The van der Waals surface area contributed by atoms with Gasteiger partial charge in [-0.3, -0.25) is 4.90 Å². The monoisotopic (exact) mass is 338 g/mol. The van der Waals surface area contributed by atoms with E-state index in [2.05, 4.69) is 44.3 Å². The molecule has 3 nitrogen and oxygen atoms in total. The Morgan fingerprint density at radius 2 is 2.30 bits per heavy atom. The number of fused-ring (bicyclic) bond motifs is 1. The van der Waals surface area contributed by atoms with Crippen molar-refractivity contribution >= 4 is 15.9 Å². The molecule has 1 saturated heterocycles. The largest absolute Gasteiger partial charge is 0.375 e. The Morgan fingerprint density at radius 1 is 1.40 bits per heavy atom. The van der Waals surface area contributed by atoms with E-state index in [0.29, 0.717) is 12.1 Å². The summed E-state index contributed by atoms with van der Waals surface area (Å²) in [4.78, 5) is 2.61. The van der Waals surface area contributed by atoms with Gasteiger partial charge in [0.05, 0.1) is 12.7 Å². The third-order valence-electron chi connectivity index (χ3n) is 4.47. The fourth-order valence-corrected chi connectivity index (χ4v) is 4.01. The number of rotatable bonds is 4. The number of hydrogen-bond donors (Lipinski definition) is 1. The average Bonchev–Trinajstić information content (AvgIpc) is 2.91. The Kier molecular flexibility index (Phi) is 4.76. The standard InChI is InChI=1S/C16H23BrN2O/c1-18-10-12-5-6-13(14(17)9-12)11-19-7-8-20-16-4-2-3-15(16)19/h5-6,9,15-16,18H,2-4,7-8,10-11H2,1H3. The van der Waals surface area contributed by atoms with Crippen LogP contribution in [0.15, 0.2) is 22.7 Å². The molecular formula is C16H23BrN2O. The molecule has 2 unspecified atom stereocenters. The summed E-state index contributed by atoms with van der Waals surface area (Å²) in [5, 5.41) is 3.19. The van der Waals surface area contributed by atoms with E-state index in [4.69, 9.17) is 4.74 Å². The molecule has 0 amide bonds. The molecule has 1 heterocycles. The second-order valence-electron chi connectivity index (χ2n) is 5.83. The summed E-state index contributed by atoms with van der Waals surface area (Å²) in [6, 6.07) is 7.35. The first kappa shape index (κ1) is 14.5. The van der Waals surface area contributed by atoms with Crippen LogP contribution in [-0.4, -0.2) is 37.2 Å². The number of nitrogens with one attached hydrogen (secondary N) is 1. The third kappa shape index (κ3) is 3.08. The summed E-state index contributed by atoms with van der Waals surface area (Å²) in [6.45, 7) is 3.90. The zero-order chi connectivity index (χ0) is 13.9. The number of nitrogens with zero attached hydrogens (tertiary/aromatic N) is 1. The summed E-state index contributed by atoms with van der Waals surface area (Å²) < 4.78 is 7.12. The van der Waals surface area contributed by atoms with Crippen molar-refractivity contribution in [1.82, 2.24) is 10.2 Å². The highest BCUT2D eigenvalue weighted by molar-refractivity contribution is 9.10. The van der Waals surface area contributed by atoms with Crippen LogP contribution in [0, 0.1) is 0 Å². The second-order valence-corrected chi connectivity index (χ2v) is 6.69. The Hall–Kier alpha value is -0.420. The van der Waals surface area contributed by atoms with E-state index in [9.17, 15) is 0 Å². The molecule has 1 saturated carbocycles. The van der Waals surface area contributed by atoms with Gasteiger partial charge < -0.3 is 10.1 Å². The van der Waals surface area contributed by atoms with E-state index < -0.39 is 0 Å². The molecule has 1 aromatic rings. The van der Waals surface area contributed by atoms with Crippen molar-refractivity contribution in [3.63, 3.8) is 0 Å². The van der Waals surface area contributed by atoms with Gasteiger partial charge in [0.2, 0.25) is 0 Å². The molecule has 1 aromatic carbocycles. The molecule has 2 aliphatic rings. The van der Waals surface area contributed by atoms with Gasteiger partial charge in [-0.05, 0) is 43.5 Å². The van der Waals surface area contributed by atoms with Crippen LogP contribution in [0.2, 0.25) is 0 Å². The number of hydrogen-bond acceptors (Lipinski definition) is 3. The fourth-order valence-electron chi connectivity index (χ4n) is 3.45. The van der Waals surface area contributed by atoms with E-state index in [1.54, 1.807) is 0 Å². The van der Waals surface area contributed by atoms with E-state index in [-0.39, 0.29) is 0 Å². The highest BCUT2D eigenvalue weighted by Gasteiger charge is 2.35. The third-order valence-corrected chi connectivity index (χ3v) is 5.21. The number of benzene rings is 1. The summed E-state index contributed by atoms with van der Waals surface area (Å²) in [5.74, 6) is 0. The molecule has 1 N–H and O–H groups in total. The molecule has 0 spiro atoms. The Balaban J connectivity index is 1.70. The van der Waals surface area contributed by atoms with Crippen molar-refractivity contribution in [1.29, 1.82) is 0 Å². The van der Waals surface area contributed by atoms with E-state index >= 15 is 0 Å². The minimum absolute atomic E-state index is 0.478. The number of halogens is 1. The van der Waals surface area contributed by atoms with Gasteiger partial charge in [0.1, 0.15) is 0 Å². The minimum Gasteiger partial charge on any atom is -0.375 e. The van der Waals surface area contributed by atoms with Crippen LogP contribution < -0.4 is 5.32 Å². The van der Waals surface area contributed by atoms with Crippen LogP contribution >= 0.6 is 15.9 Å². The number of morpholine rings is 1. The molecule has 0 aromatic heterocycles. The van der Waals surface area contributed by atoms with Crippen molar-refractivity contribution < 1.29 is 4.74 Å². The molecule has 1 aliphatic carbocycles. The van der Waals surface area contributed by atoms with E-state index in [1.807, 2.05) is 7.05 Å². The molecule has 20 heavy (non-hydrogen) atoms. The molecular weight excluding hydrogens is 316 g/mol. The zero-order valence-corrected chi connectivity index (χ0v) is 13.7. The Morgan fingerprint density at radius 3 is 3.10 bits per heavy atom. The maximum absolute atomic E-state index is 5.89. The Bertz CT molecular complexity index is 466. The van der Waals surface area contributed by atoms with E-state index in [1.165, 1.54) is 34.9 Å². The summed E-state index contributed by atoms with van der Waals surface area (Å²) >= 11 is 3.73. The topological polar surface area (TPSA) is 24.5 Å². The van der Waals surface area contributed by atoms with Gasteiger partial charge in [-0.2, -0.15) is 0 Å². The van der Waals surface area contributed by atoms with Crippen LogP contribution in [0.5, 0.6) is 0 Å². The van der Waals surface area contributed by atoms with Gasteiger partial charge in [-0.1, -0.05) is 28.1 Å². The van der Waals surface area contributed by atoms with Crippen molar-refractivity contribution in [2.24, 2.45) is 0 Å². The lowest BCUT2D eigenvalue weighted by molar-refractivity contribution is -0.0588. The number of ether oxygens (including phenoxy) is 1. The predicted octanol–water partition coefficient (Wildman–Crippen LogP) is 2.92. The second kappa shape index (κ2) is 6.56. The van der Waals surface area contributed by atoms with Gasteiger partial charge in [0.25, 0.3) is 0 Å². The lowest BCUT2D eigenvalue weighted by atomic mass is 10.1. The summed E-state index contributed by atoms with van der Waals surface area (Å²) in [5.41, 5.74) is 2.71. The molecule has 0 radical (unpaired) electrons. The molecule has 2 fully saturated rings. The van der Waals surface area contributed by atoms with Crippen LogP contribution in [0.1, 0.15) is 30.4 Å². The highest BCUT2D eigenvalue weighted by atomic mass is 79.9. The van der Waals surface area contributed by atoms with Crippen molar-refractivity contribution in [2.75, 3.05) is 20.2 Å². The van der Waals surface area contributed by atoms with Gasteiger partial charge >= 0.3 is 0 Å². The van der Waals surface area contributed by atoms with Crippen LogP contribution in [0.3, 0.4) is 0 Å². The fraction of sp³-hybridized carbons (Fsp3) is 0.625. The first-order valence-electron chi connectivity index (χ1n) is 7.55. The van der Waals surface area contributed by atoms with Crippen molar-refractivity contribution in [2.45, 2.75) is 44.5 Å².